The highest BCUT2D eigenvalue weighted by atomic mass is 16.3. The van der Waals surface area contributed by atoms with Crippen molar-refractivity contribution in [1.29, 1.82) is 0 Å². The van der Waals surface area contributed by atoms with Crippen molar-refractivity contribution >= 4 is 0 Å². The van der Waals surface area contributed by atoms with E-state index in [1.165, 1.54) is 0 Å². The largest absolute Gasteiger partial charge is 0.391 e. The topological polar surface area (TPSA) is 107 Å². The van der Waals surface area contributed by atoms with Gasteiger partial charge in [0, 0.05) is 11.1 Å². The Morgan fingerprint density at radius 3 is 1.64 bits per heavy atom. The van der Waals surface area contributed by atoms with Crippen LogP contribution in [0.4, 0.5) is 0 Å². The fraction of sp³-hybridized carbons (Fsp3) is 1.00. The van der Waals surface area contributed by atoms with Crippen molar-refractivity contribution in [2.75, 3.05) is 0 Å². The van der Waals surface area contributed by atoms with Crippen LogP contribution in [-0.4, -0.2) is 22.3 Å². The van der Waals surface area contributed by atoms with Crippen molar-refractivity contribution in [3.63, 3.8) is 0 Å². The van der Waals surface area contributed by atoms with Gasteiger partial charge in [-0.25, -0.2) is 0 Å². The Kier molecular flexibility index (Phi) is 5.90. The molecule has 2 unspecified atom stereocenters. The molecule has 0 aromatic rings. The summed E-state index contributed by atoms with van der Waals surface area (Å²) in [6, 6.07) is 0. The Bertz CT molecular complexity index is 140. The minimum atomic E-state index is -0.542. The lowest BCUT2D eigenvalue weighted by molar-refractivity contribution is 0.0694. The van der Waals surface area contributed by atoms with Gasteiger partial charge in [-0.3, -0.25) is 0 Å². The van der Waals surface area contributed by atoms with Crippen LogP contribution in [0.5, 0.6) is 0 Å². The molecule has 4 nitrogen and oxygen atoms in total. The normalized spacial score (nSPS) is 17.1. The minimum absolute atomic E-state index is 0. The monoisotopic (exact) mass is 205 g/mol. The average Bonchev–Trinajstić information content (AvgIpc) is 1.82. The minimum Gasteiger partial charge on any atom is -0.391 e. The van der Waals surface area contributed by atoms with Gasteiger partial charge in [0.05, 0.1) is 6.10 Å². The van der Waals surface area contributed by atoms with E-state index >= 15 is 0 Å². The summed E-state index contributed by atoms with van der Waals surface area (Å²) >= 11 is 0. The second-order valence-corrected chi connectivity index (χ2v) is 5.30. The Hall–Kier alpha value is -0.160. The number of aliphatic hydroxyl groups is 1. The van der Waals surface area contributed by atoms with E-state index in [2.05, 4.69) is 0 Å². The van der Waals surface area contributed by atoms with Crippen LogP contribution in [0.15, 0.2) is 0 Å². The van der Waals surface area contributed by atoms with Gasteiger partial charge in [0.15, 0.2) is 0 Å². The third-order valence-electron chi connectivity index (χ3n) is 2.71. The molecule has 0 saturated carbocycles. The van der Waals surface area contributed by atoms with Gasteiger partial charge < -0.3 is 22.7 Å². The summed E-state index contributed by atoms with van der Waals surface area (Å²) in [6.45, 7) is 9.62. The summed E-state index contributed by atoms with van der Waals surface area (Å²) in [7, 11) is 0. The Balaban J connectivity index is 0. The summed E-state index contributed by atoms with van der Waals surface area (Å²) < 4.78 is 0. The molecule has 88 valence electrons. The fourth-order valence-electron chi connectivity index (χ4n) is 0.942. The maximum atomic E-state index is 9.74. The zero-order valence-corrected chi connectivity index (χ0v) is 10.2. The second-order valence-electron chi connectivity index (χ2n) is 5.30. The summed E-state index contributed by atoms with van der Waals surface area (Å²) in [5.41, 5.74) is 10.9. The number of hydrogen-bond acceptors (Lipinski definition) is 4. The molecule has 0 aliphatic carbocycles. The molecule has 2 atom stereocenters. The highest BCUT2D eigenvalue weighted by molar-refractivity contribution is 4.88. The molecular formula is C10H27N3O. The molecule has 14 heavy (non-hydrogen) atoms. The summed E-state index contributed by atoms with van der Waals surface area (Å²) in [5.74, 6) is 0.255. The molecule has 4 heteroatoms. The molecule has 0 saturated heterocycles. The first kappa shape index (κ1) is 16.3. The van der Waals surface area contributed by atoms with Gasteiger partial charge in [0.2, 0.25) is 0 Å². The highest BCUT2D eigenvalue weighted by Gasteiger charge is 2.29. The molecule has 0 heterocycles. The lowest BCUT2D eigenvalue weighted by atomic mass is 9.82. The molecule has 0 aliphatic heterocycles. The van der Waals surface area contributed by atoms with Crippen molar-refractivity contribution in [3.05, 3.63) is 0 Å². The van der Waals surface area contributed by atoms with E-state index in [9.17, 15) is 5.11 Å². The quantitative estimate of drug-likeness (QED) is 0.549. The maximum absolute atomic E-state index is 9.74. The Labute approximate surface area is 87.6 Å². The molecule has 0 aliphatic rings. The van der Waals surface area contributed by atoms with Crippen molar-refractivity contribution in [3.8, 4) is 0 Å². The maximum Gasteiger partial charge on any atom is 0.0717 e. The first-order chi connectivity index (χ1) is 5.55. The van der Waals surface area contributed by atoms with E-state index < -0.39 is 11.6 Å². The first-order valence-corrected chi connectivity index (χ1v) is 4.81. The lowest BCUT2D eigenvalue weighted by Crippen LogP contribution is -2.49. The van der Waals surface area contributed by atoms with Gasteiger partial charge in [0.25, 0.3) is 0 Å². The highest BCUT2D eigenvalue weighted by Crippen LogP contribution is 2.22. The summed E-state index contributed by atoms with van der Waals surface area (Å²) in [5, 5.41) is 9.74. The Morgan fingerprint density at radius 1 is 1.07 bits per heavy atom. The average molecular weight is 205 g/mol. The predicted octanol–water partition coefficient (Wildman–Crippen LogP) is 1.01. The molecule has 0 spiro atoms. The molecule has 0 radical (unpaired) electrons. The van der Waals surface area contributed by atoms with Gasteiger partial charge >= 0.3 is 0 Å². The number of nitrogens with two attached hydrogens (primary N) is 2. The summed E-state index contributed by atoms with van der Waals surface area (Å²) in [6.07, 6.45) is 0.151. The molecular weight excluding hydrogens is 178 g/mol. The van der Waals surface area contributed by atoms with Crippen LogP contribution in [0.2, 0.25) is 0 Å². The second kappa shape index (κ2) is 5.07. The van der Waals surface area contributed by atoms with Crippen molar-refractivity contribution in [1.82, 2.24) is 6.15 Å². The van der Waals surface area contributed by atoms with E-state index in [0.717, 1.165) is 0 Å². The van der Waals surface area contributed by atoms with Crippen LogP contribution in [0.3, 0.4) is 0 Å². The van der Waals surface area contributed by atoms with Gasteiger partial charge in [-0.15, -0.1) is 0 Å². The zero-order valence-electron chi connectivity index (χ0n) is 10.2. The van der Waals surface area contributed by atoms with Crippen molar-refractivity contribution in [2.45, 2.75) is 58.2 Å². The van der Waals surface area contributed by atoms with Gasteiger partial charge in [-0.05, 0) is 40.0 Å². The number of rotatable bonds is 4. The molecule has 8 N–H and O–H groups in total. The molecule has 0 rings (SSSR count). The third kappa shape index (κ3) is 5.54. The van der Waals surface area contributed by atoms with Crippen LogP contribution in [0, 0.1) is 5.92 Å². The number of hydrogen-bond donors (Lipinski definition) is 4. The molecule has 0 fully saturated rings. The van der Waals surface area contributed by atoms with Gasteiger partial charge in [0.1, 0.15) is 0 Å². The van der Waals surface area contributed by atoms with Crippen LogP contribution in [0.1, 0.15) is 41.0 Å². The predicted molar refractivity (Wildman–Crippen MR) is 61.3 cm³/mol. The molecule has 0 aromatic carbocycles. The van der Waals surface area contributed by atoms with E-state index in [0.29, 0.717) is 6.42 Å². The van der Waals surface area contributed by atoms with Crippen LogP contribution >= 0.6 is 0 Å². The van der Waals surface area contributed by atoms with Gasteiger partial charge in [-0.1, -0.05) is 6.92 Å². The van der Waals surface area contributed by atoms with E-state index in [1.807, 2.05) is 34.6 Å². The van der Waals surface area contributed by atoms with E-state index in [1.54, 1.807) is 0 Å². The van der Waals surface area contributed by atoms with Crippen molar-refractivity contribution < 1.29 is 5.11 Å². The van der Waals surface area contributed by atoms with Crippen LogP contribution < -0.4 is 17.6 Å². The number of aliphatic hydroxyl groups excluding tert-OH is 1. The summed E-state index contributed by atoms with van der Waals surface area (Å²) in [4.78, 5) is 0. The third-order valence-corrected chi connectivity index (χ3v) is 2.71. The molecule has 0 amide bonds. The lowest BCUT2D eigenvalue weighted by Gasteiger charge is -2.33. The molecule has 0 aromatic heterocycles. The Morgan fingerprint density at radius 2 is 1.43 bits per heavy atom. The van der Waals surface area contributed by atoms with Gasteiger partial charge in [-0.2, -0.15) is 0 Å². The van der Waals surface area contributed by atoms with E-state index in [-0.39, 0.29) is 17.6 Å². The van der Waals surface area contributed by atoms with E-state index in [4.69, 9.17) is 11.5 Å². The van der Waals surface area contributed by atoms with Crippen molar-refractivity contribution in [2.24, 2.45) is 17.4 Å². The molecule has 0 bridgehead atoms. The smallest absolute Gasteiger partial charge is 0.0717 e. The SMILES string of the molecule is CC(CC(O)C(C)(C)N)C(C)(C)N.N. The zero-order chi connectivity index (χ0) is 10.9. The van der Waals surface area contributed by atoms with Crippen LogP contribution in [0.25, 0.3) is 0 Å². The fourth-order valence-corrected chi connectivity index (χ4v) is 0.942. The first-order valence-electron chi connectivity index (χ1n) is 4.81. The van der Waals surface area contributed by atoms with Crippen LogP contribution in [-0.2, 0) is 0 Å². The standard InChI is InChI=1S/C10H24N2O.H3N/c1-7(9(2,3)11)6-8(13)10(4,5)12;/h7-8,13H,6,11-12H2,1-5H3;1H3.